The predicted molar refractivity (Wildman–Crippen MR) is 75.3 cm³/mol. The summed E-state index contributed by atoms with van der Waals surface area (Å²) in [6.45, 7) is 0.505. The first-order valence-corrected chi connectivity index (χ1v) is 7.70. The number of rotatable bonds is 6. The maximum atomic E-state index is 12.5. The Bertz CT molecular complexity index is 593. The minimum Gasteiger partial charge on any atom is -0.330 e. The molecule has 0 saturated heterocycles. The Morgan fingerprint density at radius 3 is 2.48 bits per heavy atom. The van der Waals surface area contributed by atoms with Crippen molar-refractivity contribution in [3.63, 3.8) is 0 Å². The summed E-state index contributed by atoms with van der Waals surface area (Å²) in [5, 5.41) is -0.333. The van der Waals surface area contributed by atoms with Gasteiger partial charge in [-0.25, -0.2) is 0 Å². The number of halogens is 4. The van der Waals surface area contributed by atoms with E-state index in [1.54, 1.807) is 0 Å². The van der Waals surface area contributed by atoms with Gasteiger partial charge in [-0.05, 0) is 31.2 Å². The highest BCUT2D eigenvalue weighted by Crippen LogP contribution is 2.34. The molecule has 5 nitrogen and oxygen atoms in total. The van der Waals surface area contributed by atoms with E-state index in [4.69, 9.17) is 17.3 Å². The Labute approximate surface area is 126 Å². The van der Waals surface area contributed by atoms with E-state index in [1.807, 2.05) is 0 Å². The normalized spacial score (nSPS) is 12.7. The lowest BCUT2D eigenvalue weighted by Gasteiger charge is -2.19. The van der Waals surface area contributed by atoms with Gasteiger partial charge in [-0.15, -0.1) is 0 Å². The molecule has 1 aromatic carbocycles. The first-order valence-electron chi connectivity index (χ1n) is 5.89. The third-order valence-electron chi connectivity index (χ3n) is 2.62. The molecule has 0 unspecified atom stereocenters. The molecule has 0 aliphatic heterocycles. The van der Waals surface area contributed by atoms with E-state index in [1.165, 1.54) is 7.05 Å². The van der Waals surface area contributed by atoms with Crippen LogP contribution in [0.2, 0.25) is 5.02 Å². The zero-order chi connectivity index (χ0) is 16.3. The SMILES string of the molecule is CN(CCCN)S(=O)(=O)Nc1ccc(C(F)(F)F)cc1Cl. The van der Waals surface area contributed by atoms with Crippen LogP contribution in [0.3, 0.4) is 0 Å². The molecule has 0 radical (unpaired) electrons. The Morgan fingerprint density at radius 1 is 1.38 bits per heavy atom. The molecule has 0 saturated carbocycles. The molecule has 0 amide bonds. The molecule has 0 atom stereocenters. The van der Waals surface area contributed by atoms with Gasteiger partial charge in [0, 0.05) is 13.6 Å². The lowest BCUT2D eigenvalue weighted by atomic mass is 10.2. The van der Waals surface area contributed by atoms with Crippen molar-refractivity contribution in [1.82, 2.24) is 4.31 Å². The van der Waals surface area contributed by atoms with Crippen molar-refractivity contribution in [2.24, 2.45) is 5.73 Å². The number of hydrogen-bond donors (Lipinski definition) is 2. The van der Waals surface area contributed by atoms with E-state index in [0.29, 0.717) is 19.0 Å². The van der Waals surface area contributed by atoms with Gasteiger partial charge >= 0.3 is 16.4 Å². The molecular formula is C11H15ClF3N3O2S. The summed E-state index contributed by atoms with van der Waals surface area (Å²) in [7, 11) is -2.56. The van der Waals surface area contributed by atoms with Crippen LogP contribution in [0.4, 0.5) is 18.9 Å². The third-order valence-corrected chi connectivity index (χ3v) is 4.42. The molecule has 10 heteroatoms. The molecular weight excluding hydrogens is 331 g/mol. The maximum absolute atomic E-state index is 12.5. The van der Waals surface area contributed by atoms with Crippen LogP contribution in [0.25, 0.3) is 0 Å². The summed E-state index contributed by atoms with van der Waals surface area (Å²) in [5.41, 5.74) is 4.21. The van der Waals surface area contributed by atoms with Gasteiger partial charge in [-0.2, -0.15) is 25.9 Å². The van der Waals surface area contributed by atoms with Crippen LogP contribution in [0, 0.1) is 0 Å². The van der Waals surface area contributed by atoms with Gasteiger partial charge in [-0.3, -0.25) is 4.72 Å². The lowest BCUT2D eigenvalue weighted by molar-refractivity contribution is -0.137. The molecule has 0 aliphatic rings. The summed E-state index contributed by atoms with van der Waals surface area (Å²) in [4.78, 5) is 0. The van der Waals surface area contributed by atoms with E-state index < -0.39 is 21.9 Å². The fourth-order valence-corrected chi connectivity index (χ4v) is 2.69. The van der Waals surface area contributed by atoms with Crippen molar-refractivity contribution in [1.29, 1.82) is 0 Å². The van der Waals surface area contributed by atoms with Crippen molar-refractivity contribution in [3.8, 4) is 0 Å². The predicted octanol–water partition coefficient (Wildman–Crippen LogP) is 2.30. The Hall–Kier alpha value is -1.03. The van der Waals surface area contributed by atoms with Crippen molar-refractivity contribution >= 4 is 27.5 Å². The Morgan fingerprint density at radius 2 is 2.00 bits per heavy atom. The molecule has 120 valence electrons. The molecule has 0 aliphatic carbocycles. The van der Waals surface area contributed by atoms with Gasteiger partial charge in [0.05, 0.1) is 16.3 Å². The topological polar surface area (TPSA) is 75.4 Å². The highest BCUT2D eigenvalue weighted by atomic mass is 35.5. The molecule has 21 heavy (non-hydrogen) atoms. The highest BCUT2D eigenvalue weighted by Gasteiger charge is 2.31. The van der Waals surface area contributed by atoms with E-state index in [9.17, 15) is 21.6 Å². The second-order valence-corrected chi connectivity index (χ2v) is 6.45. The molecule has 0 bridgehead atoms. The zero-order valence-electron chi connectivity index (χ0n) is 11.1. The molecule has 0 aromatic heterocycles. The summed E-state index contributed by atoms with van der Waals surface area (Å²) < 4.78 is 64.5. The number of hydrogen-bond acceptors (Lipinski definition) is 3. The van der Waals surface area contributed by atoms with Crippen LogP contribution in [0.5, 0.6) is 0 Å². The summed E-state index contributed by atoms with van der Waals surface area (Å²) in [6, 6.07) is 2.39. The zero-order valence-corrected chi connectivity index (χ0v) is 12.7. The molecule has 0 heterocycles. The van der Waals surface area contributed by atoms with Gasteiger partial charge in [0.2, 0.25) is 0 Å². The highest BCUT2D eigenvalue weighted by molar-refractivity contribution is 7.90. The van der Waals surface area contributed by atoms with Crippen molar-refractivity contribution in [3.05, 3.63) is 28.8 Å². The summed E-state index contributed by atoms with van der Waals surface area (Å²) >= 11 is 5.69. The van der Waals surface area contributed by atoms with E-state index in [0.717, 1.165) is 16.4 Å². The minimum atomic E-state index is -4.54. The lowest BCUT2D eigenvalue weighted by Crippen LogP contribution is -2.34. The molecule has 1 aromatic rings. The average molecular weight is 346 g/mol. The number of benzene rings is 1. The number of nitrogens with one attached hydrogen (secondary N) is 1. The summed E-state index contributed by atoms with van der Waals surface area (Å²) in [6.07, 6.45) is -4.09. The van der Waals surface area contributed by atoms with Crippen LogP contribution < -0.4 is 10.5 Å². The first-order chi connectivity index (χ1) is 9.58. The van der Waals surface area contributed by atoms with E-state index >= 15 is 0 Å². The van der Waals surface area contributed by atoms with Gasteiger partial charge in [0.1, 0.15) is 0 Å². The van der Waals surface area contributed by atoms with Crippen LogP contribution >= 0.6 is 11.6 Å². The molecule has 0 spiro atoms. The van der Waals surface area contributed by atoms with Crippen LogP contribution in [0.15, 0.2) is 18.2 Å². The fourth-order valence-electron chi connectivity index (χ4n) is 1.43. The standard InChI is InChI=1S/C11H15ClF3N3O2S/c1-18(6-2-5-16)21(19,20)17-10-4-3-8(7-9(10)12)11(13,14)15/h3-4,7,17H,2,5-6,16H2,1H3. The van der Waals surface area contributed by atoms with Gasteiger partial charge in [0.25, 0.3) is 0 Å². The minimum absolute atomic E-state index is 0.121. The monoisotopic (exact) mass is 345 g/mol. The van der Waals surface area contributed by atoms with Crippen LogP contribution in [0.1, 0.15) is 12.0 Å². The van der Waals surface area contributed by atoms with Gasteiger partial charge < -0.3 is 5.73 Å². The third kappa shape index (κ3) is 5.03. The number of nitrogens with two attached hydrogens (primary N) is 1. The Balaban J connectivity index is 2.93. The maximum Gasteiger partial charge on any atom is 0.416 e. The largest absolute Gasteiger partial charge is 0.416 e. The van der Waals surface area contributed by atoms with E-state index in [-0.39, 0.29) is 17.3 Å². The number of nitrogens with zero attached hydrogens (tertiary/aromatic N) is 1. The van der Waals surface area contributed by atoms with Crippen LogP contribution in [-0.2, 0) is 16.4 Å². The van der Waals surface area contributed by atoms with Crippen molar-refractivity contribution < 1.29 is 21.6 Å². The second-order valence-electron chi connectivity index (χ2n) is 4.26. The van der Waals surface area contributed by atoms with Gasteiger partial charge in [0.15, 0.2) is 0 Å². The number of anilines is 1. The summed E-state index contributed by atoms with van der Waals surface area (Å²) in [5.74, 6) is 0. The average Bonchev–Trinajstić information content (AvgIpc) is 2.36. The van der Waals surface area contributed by atoms with Crippen LogP contribution in [-0.4, -0.2) is 32.9 Å². The molecule has 3 N–H and O–H groups in total. The van der Waals surface area contributed by atoms with Crippen molar-refractivity contribution in [2.75, 3.05) is 24.9 Å². The first kappa shape index (κ1) is 18.0. The second kappa shape index (κ2) is 6.82. The van der Waals surface area contributed by atoms with Crippen molar-refractivity contribution in [2.45, 2.75) is 12.6 Å². The number of alkyl halides is 3. The van der Waals surface area contributed by atoms with Gasteiger partial charge in [-0.1, -0.05) is 11.6 Å². The van der Waals surface area contributed by atoms with E-state index in [2.05, 4.69) is 4.72 Å². The molecule has 1 rings (SSSR count). The molecule has 0 fully saturated rings. The quantitative estimate of drug-likeness (QED) is 0.830. The smallest absolute Gasteiger partial charge is 0.330 e. The Kier molecular flexibility index (Phi) is 5.85. The fraction of sp³-hybridized carbons (Fsp3) is 0.455.